The van der Waals surface area contributed by atoms with E-state index in [0.717, 1.165) is 29.8 Å². The molecule has 3 nitrogen and oxygen atoms in total. The van der Waals surface area contributed by atoms with Crippen LogP contribution < -0.4 is 10.5 Å². The Morgan fingerprint density at radius 3 is 2.72 bits per heavy atom. The molecule has 1 aliphatic rings. The van der Waals surface area contributed by atoms with E-state index in [1.165, 1.54) is 25.1 Å². The number of hydrogen-bond donors (Lipinski definition) is 1. The Morgan fingerprint density at radius 1 is 1.33 bits per heavy atom. The number of benzene rings is 1. The molecule has 0 spiro atoms. The van der Waals surface area contributed by atoms with Crippen LogP contribution in [0.2, 0.25) is 0 Å². The lowest BCUT2D eigenvalue weighted by Crippen LogP contribution is -2.37. The van der Waals surface area contributed by atoms with Gasteiger partial charge in [0.2, 0.25) is 0 Å². The number of nitrogen functional groups attached to an aromatic ring is 1. The molecule has 0 aliphatic carbocycles. The van der Waals surface area contributed by atoms with Crippen LogP contribution in [0.3, 0.4) is 0 Å². The molecule has 18 heavy (non-hydrogen) atoms. The third-order valence-corrected chi connectivity index (χ3v) is 4.17. The second kappa shape index (κ2) is 5.61. The van der Waals surface area contributed by atoms with Crippen molar-refractivity contribution >= 4 is 5.69 Å². The number of methoxy groups -OCH3 is 1. The Labute approximate surface area is 110 Å². The molecule has 0 bridgehead atoms. The molecule has 100 valence electrons. The molecular formula is C15H24N2O. The second-order valence-corrected chi connectivity index (χ2v) is 5.54. The zero-order valence-corrected chi connectivity index (χ0v) is 11.6. The first-order valence-corrected chi connectivity index (χ1v) is 6.75. The van der Waals surface area contributed by atoms with Crippen molar-refractivity contribution in [2.75, 3.05) is 25.9 Å². The molecule has 0 amide bonds. The van der Waals surface area contributed by atoms with Crippen LogP contribution >= 0.6 is 0 Å². The van der Waals surface area contributed by atoms with E-state index in [4.69, 9.17) is 10.5 Å². The zero-order chi connectivity index (χ0) is 13.1. The van der Waals surface area contributed by atoms with Gasteiger partial charge in [0.25, 0.3) is 0 Å². The van der Waals surface area contributed by atoms with Gasteiger partial charge in [0, 0.05) is 24.8 Å². The molecule has 1 aliphatic heterocycles. The van der Waals surface area contributed by atoms with Gasteiger partial charge in [-0.05, 0) is 36.4 Å². The van der Waals surface area contributed by atoms with Gasteiger partial charge >= 0.3 is 0 Å². The highest BCUT2D eigenvalue weighted by Gasteiger charge is 2.22. The first-order chi connectivity index (χ1) is 8.60. The summed E-state index contributed by atoms with van der Waals surface area (Å²) in [6, 6.07) is 5.98. The van der Waals surface area contributed by atoms with Gasteiger partial charge in [0.1, 0.15) is 5.75 Å². The Morgan fingerprint density at radius 2 is 2.11 bits per heavy atom. The Balaban J connectivity index is 2.01. The van der Waals surface area contributed by atoms with Crippen molar-refractivity contribution in [2.24, 2.45) is 11.8 Å². The molecule has 0 saturated carbocycles. The van der Waals surface area contributed by atoms with Crippen LogP contribution in [0.5, 0.6) is 5.75 Å². The van der Waals surface area contributed by atoms with Gasteiger partial charge in [-0.15, -0.1) is 0 Å². The van der Waals surface area contributed by atoms with Crippen molar-refractivity contribution in [1.82, 2.24) is 4.90 Å². The maximum atomic E-state index is 6.07. The summed E-state index contributed by atoms with van der Waals surface area (Å²) in [7, 11) is 1.67. The lowest BCUT2D eigenvalue weighted by atomic mass is 9.88. The van der Waals surface area contributed by atoms with E-state index in [2.05, 4.69) is 24.8 Å². The molecule has 2 N–H and O–H groups in total. The summed E-state index contributed by atoms with van der Waals surface area (Å²) in [5.41, 5.74) is 8.11. The highest BCUT2D eigenvalue weighted by Crippen LogP contribution is 2.26. The van der Waals surface area contributed by atoms with Crippen LogP contribution in [-0.4, -0.2) is 25.1 Å². The van der Waals surface area contributed by atoms with Gasteiger partial charge in [-0.2, -0.15) is 0 Å². The lowest BCUT2D eigenvalue weighted by Gasteiger charge is -2.35. The minimum absolute atomic E-state index is 0.776. The van der Waals surface area contributed by atoms with Crippen molar-refractivity contribution in [1.29, 1.82) is 0 Å². The molecule has 1 aromatic carbocycles. The van der Waals surface area contributed by atoms with E-state index >= 15 is 0 Å². The van der Waals surface area contributed by atoms with Crippen molar-refractivity contribution in [3.63, 3.8) is 0 Å². The minimum atomic E-state index is 0.776. The fourth-order valence-electron chi connectivity index (χ4n) is 2.58. The fourth-order valence-corrected chi connectivity index (χ4v) is 2.58. The molecule has 2 unspecified atom stereocenters. The Bertz CT molecular complexity index is 405. The van der Waals surface area contributed by atoms with Crippen LogP contribution in [-0.2, 0) is 6.54 Å². The molecule has 1 heterocycles. The van der Waals surface area contributed by atoms with Gasteiger partial charge in [-0.3, -0.25) is 4.90 Å². The number of ether oxygens (including phenoxy) is 1. The monoisotopic (exact) mass is 248 g/mol. The van der Waals surface area contributed by atoms with Gasteiger partial charge in [-0.25, -0.2) is 0 Å². The van der Waals surface area contributed by atoms with Gasteiger partial charge in [0.15, 0.2) is 0 Å². The summed E-state index contributed by atoms with van der Waals surface area (Å²) in [5.74, 6) is 2.45. The maximum absolute atomic E-state index is 6.07. The molecule has 1 fully saturated rings. The highest BCUT2D eigenvalue weighted by molar-refractivity contribution is 5.51. The fraction of sp³-hybridized carbons (Fsp3) is 0.600. The lowest BCUT2D eigenvalue weighted by molar-refractivity contribution is 0.132. The smallest absolute Gasteiger partial charge is 0.120 e. The zero-order valence-electron chi connectivity index (χ0n) is 11.6. The van der Waals surface area contributed by atoms with Crippen LogP contribution in [0.1, 0.15) is 25.8 Å². The third kappa shape index (κ3) is 2.96. The van der Waals surface area contributed by atoms with E-state index < -0.39 is 0 Å². The van der Waals surface area contributed by atoms with Gasteiger partial charge < -0.3 is 10.5 Å². The Hall–Kier alpha value is -1.22. The van der Waals surface area contributed by atoms with Crippen LogP contribution in [0.4, 0.5) is 5.69 Å². The molecule has 2 rings (SSSR count). The summed E-state index contributed by atoms with van der Waals surface area (Å²) in [6.07, 6.45) is 1.29. The molecular weight excluding hydrogens is 224 g/mol. The summed E-state index contributed by atoms with van der Waals surface area (Å²) < 4.78 is 5.18. The molecule has 1 saturated heterocycles. The quantitative estimate of drug-likeness (QED) is 0.836. The first kappa shape index (κ1) is 13.2. The largest absolute Gasteiger partial charge is 0.497 e. The first-order valence-electron chi connectivity index (χ1n) is 6.75. The van der Waals surface area contributed by atoms with Crippen molar-refractivity contribution < 1.29 is 4.74 Å². The number of likely N-dealkylation sites (tertiary alicyclic amines) is 1. The summed E-state index contributed by atoms with van der Waals surface area (Å²) >= 11 is 0. The minimum Gasteiger partial charge on any atom is -0.497 e. The number of piperidine rings is 1. The van der Waals surface area contributed by atoms with Crippen molar-refractivity contribution in [3.05, 3.63) is 23.8 Å². The molecule has 0 aromatic heterocycles. The maximum Gasteiger partial charge on any atom is 0.120 e. The summed E-state index contributed by atoms with van der Waals surface area (Å²) in [4.78, 5) is 2.50. The van der Waals surface area contributed by atoms with Crippen LogP contribution in [0, 0.1) is 11.8 Å². The number of hydrogen-bond acceptors (Lipinski definition) is 3. The van der Waals surface area contributed by atoms with E-state index in [0.29, 0.717) is 0 Å². The van der Waals surface area contributed by atoms with E-state index in [-0.39, 0.29) is 0 Å². The van der Waals surface area contributed by atoms with Crippen molar-refractivity contribution in [3.8, 4) is 5.75 Å². The summed E-state index contributed by atoms with van der Waals surface area (Å²) in [6.45, 7) is 7.99. The van der Waals surface area contributed by atoms with Gasteiger partial charge in [0.05, 0.1) is 7.11 Å². The average Bonchev–Trinajstić information content (AvgIpc) is 2.36. The van der Waals surface area contributed by atoms with Crippen LogP contribution in [0.25, 0.3) is 0 Å². The van der Waals surface area contributed by atoms with E-state index in [1.807, 2.05) is 12.1 Å². The van der Waals surface area contributed by atoms with Gasteiger partial charge in [-0.1, -0.05) is 19.9 Å². The second-order valence-electron chi connectivity index (χ2n) is 5.54. The molecule has 2 atom stereocenters. The number of rotatable bonds is 3. The predicted octanol–water partition coefficient (Wildman–Crippen LogP) is 2.76. The summed E-state index contributed by atoms with van der Waals surface area (Å²) in [5, 5.41) is 0. The number of nitrogens with two attached hydrogens (primary N) is 1. The molecule has 1 aromatic rings. The predicted molar refractivity (Wildman–Crippen MR) is 75.6 cm³/mol. The standard InChI is InChI=1S/C15H24N2O/c1-11-6-7-17(9-12(11)2)10-13-4-5-14(18-3)8-15(13)16/h4-5,8,11-12H,6-7,9-10,16H2,1-3H3. The molecule has 0 radical (unpaired) electrons. The normalized spacial score (nSPS) is 25.1. The van der Waals surface area contributed by atoms with E-state index in [1.54, 1.807) is 7.11 Å². The van der Waals surface area contributed by atoms with Crippen LogP contribution in [0.15, 0.2) is 18.2 Å². The number of anilines is 1. The van der Waals surface area contributed by atoms with Crippen molar-refractivity contribution in [2.45, 2.75) is 26.8 Å². The average molecular weight is 248 g/mol. The third-order valence-electron chi connectivity index (χ3n) is 4.17. The number of nitrogens with zero attached hydrogens (tertiary/aromatic N) is 1. The van der Waals surface area contributed by atoms with E-state index in [9.17, 15) is 0 Å². The highest BCUT2D eigenvalue weighted by atomic mass is 16.5. The molecule has 3 heteroatoms. The SMILES string of the molecule is COc1ccc(CN2CCC(C)C(C)C2)c(N)c1. The topological polar surface area (TPSA) is 38.5 Å². The Kier molecular flexibility index (Phi) is 4.12.